The molecule has 1 fully saturated rings. The number of likely N-dealkylation sites (tertiary alicyclic amines) is 1. The Morgan fingerprint density at radius 3 is 2.25 bits per heavy atom. The standard InChI is InChI=1S/C16H18N2O2/c1-11-5-7-12(8-6-11)13-14(16(20)17-15(13)19)18-9-3-2-4-10-18/h5-8H,2-4,9-10H2,1H3,(H,17,19,20). The highest BCUT2D eigenvalue weighted by molar-refractivity contribution is 6.35. The minimum atomic E-state index is -0.278. The number of nitrogens with zero attached hydrogens (tertiary/aromatic N) is 1. The van der Waals surface area contributed by atoms with Crippen molar-refractivity contribution in [1.29, 1.82) is 0 Å². The van der Waals surface area contributed by atoms with Crippen LogP contribution in [-0.4, -0.2) is 29.8 Å². The fourth-order valence-electron chi connectivity index (χ4n) is 2.85. The van der Waals surface area contributed by atoms with Crippen LogP contribution < -0.4 is 5.32 Å². The molecule has 2 aliphatic heterocycles. The van der Waals surface area contributed by atoms with Crippen LogP contribution in [-0.2, 0) is 9.59 Å². The molecule has 1 aromatic carbocycles. The molecule has 1 N–H and O–H groups in total. The second kappa shape index (κ2) is 5.12. The zero-order valence-corrected chi connectivity index (χ0v) is 11.6. The number of hydrogen-bond acceptors (Lipinski definition) is 3. The quantitative estimate of drug-likeness (QED) is 0.834. The maximum absolute atomic E-state index is 12.1. The molecule has 1 aromatic rings. The average molecular weight is 270 g/mol. The van der Waals surface area contributed by atoms with Gasteiger partial charge in [0.05, 0.1) is 5.57 Å². The molecule has 4 heteroatoms. The maximum Gasteiger partial charge on any atom is 0.275 e. The van der Waals surface area contributed by atoms with E-state index in [2.05, 4.69) is 10.2 Å². The molecule has 0 aliphatic carbocycles. The van der Waals surface area contributed by atoms with E-state index in [0.29, 0.717) is 11.3 Å². The summed E-state index contributed by atoms with van der Waals surface area (Å²) in [6.45, 7) is 3.71. The molecule has 2 aliphatic rings. The van der Waals surface area contributed by atoms with E-state index in [9.17, 15) is 9.59 Å². The first-order chi connectivity index (χ1) is 9.66. The minimum Gasteiger partial charge on any atom is -0.366 e. The van der Waals surface area contributed by atoms with Crippen molar-refractivity contribution in [3.8, 4) is 0 Å². The molecule has 0 saturated carbocycles. The van der Waals surface area contributed by atoms with E-state index in [4.69, 9.17) is 0 Å². The lowest BCUT2D eigenvalue weighted by Crippen LogP contribution is -2.34. The van der Waals surface area contributed by atoms with E-state index in [1.165, 1.54) is 6.42 Å². The summed E-state index contributed by atoms with van der Waals surface area (Å²) < 4.78 is 0. The van der Waals surface area contributed by atoms with E-state index in [1.54, 1.807) is 0 Å². The molecule has 20 heavy (non-hydrogen) atoms. The Morgan fingerprint density at radius 2 is 1.60 bits per heavy atom. The second-order valence-corrected chi connectivity index (χ2v) is 5.42. The lowest BCUT2D eigenvalue weighted by molar-refractivity contribution is -0.124. The van der Waals surface area contributed by atoms with E-state index in [0.717, 1.165) is 37.1 Å². The lowest BCUT2D eigenvalue weighted by atomic mass is 10.0. The number of carbonyl (C=O) groups is 2. The molecule has 104 valence electrons. The lowest BCUT2D eigenvalue weighted by Gasteiger charge is -2.29. The fraction of sp³-hybridized carbons (Fsp3) is 0.375. The predicted octanol–water partition coefficient (Wildman–Crippen LogP) is 1.85. The van der Waals surface area contributed by atoms with Gasteiger partial charge in [-0.2, -0.15) is 0 Å². The summed E-state index contributed by atoms with van der Waals surface area (Å²) in [4.78, 5) is 26.3. The molecule has 0 radical (unpaired) electrons. The van der Waals surface area contributed by atoms with E-state index in [-0.39, 0.29) is 11.8 Å². The highest BCUT2D eigenvalue weighted by Gasteiger charge is 2.34. The molecule has 2 heterocycles. The third-order valence-electron chi connectivity index (χ3n) is 3.92. The van der Waals surface area contributed by atoms with Gasteiger partial charge in [-0.15, -0.1) is 0 Å². The Bertz CT molecular complexity index is 581. The van der Waals surface area contributed by atoms with Crippen molar-refractivity contribution in [2.45, 2.75) is 26.2 Å². The van der Waals surface area contributed by atoms with Crippen LogP contribution in [0.25, 0.3) is 5.57 Å². The van der Waals surface area contributed by atoms with Crippen molar-refractivity contribution in [2.75, 3.05) is 13.1 Å². The zero-order chi connectivity index (χ0) is 14.1. The minimum absolute atomic E-state index is 0.257. The average Bonchev–Trinajstić information content (AvgIpc) is 2.75. The first kappa shape index (κ1) is 12.9. The Hall–Kier alpha value is -2.10. The molecule has 0 unspecified atom stereocenters. The number of nitrogens with one attached hydrogen (secondary N) is 1. The van der Waals surface area contributed by atoms with Gasteiger partial charge >= 0.3 is 0 Å². The van der Waals surface area contributed by atoms with Gasteiger partial charge in [0.15, 0.2) is 0 Å². The van der Waals surface area contributed by atoms with Crippen LogP contribution in [0.5, 0.6) is 0 Å². The van der Waals surface area contributed by atoms with E-state index >= 15 is 0 Å². The van der Waals surface area contributed by atoms with Gasteiger partial charge in [-0.25, -0.2) is 0 Å². The molecular formula is C16H18N2O2. The van der Waals surface area contributed by atoms with Crippen LogP contribution >= 0.6 is 0 Å². The highest BCUT2D eigenvalue weighted by Crippen LogP contribution is 2.28. The third kappa shape index (κ3) is 2.22. The second-order valence-electron chi connectivity index (χ2n) is 5.42. The van der Waals surface area contributed by atoms with Gasteiger partial charge in [-0.3, -0.25) is 14.9 Å². The fourth-order valence-corrected chi connectivity index (χ4v) is 2.85. The van der Waals surface area contributed by atoms with Crippen LogP contribution in [0.15, 0.2) is 30.0 Å². The van der Waals surface area contributed by atoms with Gasteiger partial charge in [0, 0.05) is 13.1 Å². The largest absolute Gasteiger partial charge is 0.366 e. The molecule has 0 aromatic heterocycles. The van der Waals surface area contributed by atoms with Crippen LogP contribution in [0.1, 0.15) is 30.4 Å². The molecule has 0 bridgehead atoms. The van der Waals surface area contributed by atoms with Crippen molar-refractivity contribution in [1.82, 2.24) is 10.2 Å². The first-order valence-corrected chi connectivity index (χ1v) is 7.09. The predicted molar refractivity (Wildman–Crippen MR) is 76.7 cm³/mol. The molecule has 4 nitrogen and oxygen atoms in total. The summed E-state index contributed by atoms with van der Waals surface area (Å²) in [5.41, 5.74) is 3.04. The van der Waals surface area contributed by atoms with Crippen molar-refractivity contribution in [3.05, 3.63) is 41.1 Å². The number of benzene rings is 1. The van der Waals surface area contributed by atoms with E-state index < -0.39 is 0 Å². The van der Waals surface area contributed by atoms with Crippen LogP contribution in [0.3, 0.4) is 0 Å². The molecule has 1 saturated heterocycles. The smallest absolute Gasteiger partial charge is 0.275 e. The molecule has 3 rings (SSSR count). The monoisotopic (exact) mass is 270 g/mol. The Kier molecular flexibility index (Phi) is 3.30. The van der Waals surface area contributed by atoms with Crippen molar-refractivity contribution in [3.63, 3.8) is 0 Å². The number of imide groups is 1. The van der Waals surface area contributed by atoms with Gasteiger partial charge < -0.3 is 4.90 Å². The maximum atomic E-state index is 12.1. The summed E-state index contributed by atoms with van der Waals surface area (Å²) in [6.07, 6.45) is 3.34. The number of carbonyl (C=O) groups excluding carboxylic acids is 2. The number of rotatable bonds is 2. The summed E-state index contributed by atoms with van der Waals surface area (Å²) in [5, 5.41) is 2.43. The topological polar surface area (TPSA) is 49.4 Å². The third-order valence-corrected chi connectivity index (χ3v) is 3.92. The Labute approximate surface area is 118 Å². The molecular weight excluding hydrogens is 252 g/mol. The van der Waals surface area contributed by atoms with Gasteiger partial charge in [0.1, 0.15) is 5.70 Å². The van der Waals surface area contributed by atoms with Gasteiger partial charge in [0.25, 0.3) is 11.8 Å². The van der Waals surface area contributed by atoms with Gasteiger partial charge in [-0.1, -0.05) is 29.8 Å². The normalized spacial score (nSPS) is 19.6. The highest BCUT2D eigenvalue weighted by atomic mass is 16.2. The van der Waals surface area contributed by atoms with Crippen molar-refractivity contribution >= 4 is 17.4 Å². The van der Waals surface area contributed by atoms with Crippen LogP contribution in [0.2, 0.25) is 0 Å². The number of hydrogen-bond donors (Lipinski definition) is 1. The summed E-state index contributed by atoms with van der Waals surface area (Å²) in [6, 6.07) is 7.75. The number of aryl methyl sites for hydroxylation is 1. The first-order valence-electron chi connectivity index (χ1n) is 7.09. The SMILES string of the molecule is Cc1ccc(C2=C(N3CCCCC3)C(=O)NC2=O)cc1. The Morgan fingerprint density at radius 1 is 0.950 bits per heavy atom. The summed E-state index contributed by atoms with van der Waals surface area (Å²) in [7, 11) is 0. The number of amides is 2. The van der Waals surface area contributed by atoms with Crippen LogP contribution in [0.4, 0.5) is 0 Å². The molecule has 0 atom stereocenters. The zero-order valence-electron chi connectivity index (χ0n) is 11.6. The van der Waals surface area contributed by atoms with Crippen LogP contribution in [0, 0.1) is 6.92 Å². The summed E-state index contributed by atoms with van der Waals surface area (Å²) in [5.74, 6) is -0.535. The van der Waals surface area contributed by atoms with Gasteiger partial charge in [-0.05, 0) is 31.7 Å². The van der Waals surface area contributed by atoms with Crippen molar-refractivity contribution in [2.24, 2.45) is 0 Å². The van der Waals surface area contributed by atoms with Crippen molar-refractivity contribution < 1.29 is 9.59 Å². The van der Waals surface area contributed by atoms with E-state index in [1.807, 2.05) is 31.2 Å². The molecule has 2 amide bonds. The summed E-state index contributed by atoms with van der Waals surface area (Å²) >= 11 is 0. The van der Waals surface area contributed by atoms with Gasteiger partial charge in [0.2, 0.25) is 0 Å². The number of piperidine rings is 1. The molecule has 0 spiro atoms. The Balaban J connectivity index is 2.05.